The average Bonchev–Trinajstić information content (AvgIpc) is 2.92. The first-order valence-electron chi connectivity index (χ1n) is 9.91. The van der Waals surface area contributed by atoms with E-state index in [9.17, 15) is 13.4 Å². The molecule has 30 heavy (non-hydrogen) atoms. The monoisotopic (exact) mass is 447 g/mol. The Morgan fingerprint density at radius 1 is 1.20 bits per heavy atom. The SMILES string of the molecule is CC(CC(=S)NC(=O)c1ccccc1)(CS1(=O)=NCCCCN1)c1ccccc1F. The van der Waals surface area contributed by atoms with Crippen LogP contribution in [0, 0.1) is 5.82 Å². The van der Waals surface area contributed by atoms with Crippen molar-refractivity contribution >= 4 is 33.0 Å². The molecule has 1 heterocycles. The summed E-state index contributed by atoms with van der Waals surface area (Å²) in [5, 5.41) is 2.73. The van der Waals surface area contributed by atoms with Gasteiger partial charge < -0.3 is 5.32 Å². The smallest absolute Gasteiger partial charge is 0.256 e. The van der Waals surface area contributed by atoms with Crippen LogP contribution in [-0.2, 0) is 15.3 Å². The second-order valence-corrected chi connectivity index (χ2v) is 10.3. The Balaban J connectivity index is 1.87. The van der Waals surface area contributed by atoms with E-state index in [1.54, 1.807) is 42.5 Å². The molecule has 160 valence electrons. The van der Waals surface area contributed by atoms with Gasteiger partial charge in [0.15, 0.2) is 0 Å². The van der Waals surface area contributed by atoms with Gasteiger partial charge in [-0.05, 0) is 36.6 Å². The predicted molar refractivity (Wildman–Crippen MR) is 122 cm³/mol. The van der Waals surface area contributed by atoms with E-state index in [1.165, 1.54) is 6.07 Å². The minimum atomic E-state index is -2.74. The van der Waals surface area contributed by atoms with Crippen molar-refractivity contribution in [2.24, 2.45) is 4.36 Å². The van der Waals surface area contributed by atoms with Gasteiger partial charge in [0.1, 0.15) is 15.7 Å². The van der Waals surface area contributed by atoms with Crippen LogP contribution in [0.15, 0.2) is 59.0 Å². The van der Waals surface area contributed by atoms with E-state index < -0.39 is 21.1 Å². The molecule has 0 aliphatic carbocycles. The number of hydrogen-bond donors (Lipinski definition) is 2. The highest BCUT2D eigenvalue weighted by Gasteiger charge is 2.35. The van der Waals surface area contributed by atoms with Crippen LogP contribution >= 0.6 is 12.2 Å². The minimum Gasteiger partial charge on any atom is -0.316 e. The largest absolute Gasteiger partial charge is 0.316 e. The molecule has 0 fully saturated rings. The topological polar surface area (TPSA) is 70.6 Å². The first-order chi connectivity index (χ1) is 14.3. The number of halogens is 1. The lowest BCUT2D eigenvalue weighted by molar-refractivity contribution is 0.0977. The lowest BCUT2D eigenvalue weighted by Crippen LogP contribution is -2.42. The molecule has 2 atom stereocenters. The maximum absolute atomic E-state index is 14.7. The van der Waals surface area contributed by atoms with E-state index in [0.29, 0.717) is 24.2 Å². The van der Waals surface area contributed by atoms with Crippen LogP contribution < -0.4 is 10.0 Å². The molecule has 0 saturated carbocycles. The van der Waals surface area contributed by atoms with Gasteiger partial charge >= 0.3 is 0 Å². The molecule has 0 radical (unpaired) electrons. The number of thiocarbonyl (C=S) groups is 1. The van der Waals surface area contributed by atoms with Gasteiger partial charge in [0.2, 0.25) is 0 Å². The second kappa shape index (κ2) is 9.76. The summed E-state index contributed by atoms with van der Waals surface area (Å²) >= 11 is 5.45. The molecule has 2 aromatic carbocycles. The van der Waals surface area contributed by atoms with Gasteiger partial charge in [-0.15, -0.1) is 0 Å². The number of rotatable bonds is 6. The predicted octanol–water partition coefficient (Wildman–Crippen LogP) is 4.00. The molecular formula is C22H26FN3O2S2. The summed E-state index contributed by atoms with van der Waals surface area (Å²) in [7, 11) is -2.74. The highest BCUT2D eigenvalue weighted by molar-refractivity contribution is 7.91. The van der Waals surface area contributed by atoms with Gasteiger partial charge in [0, 0.05) is 30.5 Å². The van der Waals surface area contributed by atoms with E-state index in [2.05, 4.69) is 14.4 Å². The van der Waals surface area contributed by atoms with Gasteiger partial charge in [-0.25, -0.2) is 17.7 Å². The first-order valence-corrected chi connectivity index (χ1v) is 12.0. The van der Waals surface area contributed by atoms with Gasteiger partial charge in [-0.1, -0.05) is 55.5 Å². The molecule has 0 aromatic heterocycles. The number of nitrogens with zero attached hydrogens (tertiary/aromatic N) is 1. The molecule has 2 unspecified atom stereocenters. The quantitative estimate of drug-likeness (QED) is 0.658. The molecule has 5 nitrogen and oxygen atoms in total. The summed E-state index contributed by atoms with van der Waals surface area (Å²) in [5.74, 6) is -0.616. The molecule has 0 bridgehead atoms. The number of benzene rings is 2. The van der Waals surface area contributed by atoms with Crippen molar-refractivity contribution in [2.75, 3.05) is 18.8 Å². The van der Waals surface area contributed by atoms with Crippen molar-refractivity contribution < 1.29 is 13.4 Å². The lowest BCUT2D eigenvalue weighted by Gasteiger charge is -2.32. The van der Waals surface area contributed by atoms with Crippen LogP contribution in [0.1, 0.15) is 42.1 Å². The Bertz CT molecular complexity index is 1040. The highest BCUT2D eigenvalue weighted by Crippen LogP contribution is 2.32. The minimum absolute atomic E-state index is 0.0995. The third-order valence-electron chi connectivity index (χ3n) is 5.09. The van der Waals surface area contributed by atoms with Crippen LogP contribution in [0.4, 0.5) is 4.39 Å². The molecule has 8 heteroatoms. The summed E-state index contributed by atoms with van der Waals surface area (Å²) in [6.45, 7) is 2.93. The Morgan fingerprint density at radius 3 is 2.63 bits per heavy atom. The zero-order chi connectivity index (χ0) is 21.6. The number of carbonyl (C=O) groups excluding carboxylic acids is 1. The highest BCUT2D eigenvalue weighted by atomic mass is 32.2. The second-order valence-electron chi connectivity index (χ2n) is 7.70. The summed E-state index contributed by atoms with van der Waals surface area (Å²) in [6, 6.07) is 15.2. The summed E-state index contributed by atoms with van der Waals surface area (Å²) < 4.78 is 35.6. The van der Waals surface area contributed by atoms with Crippen LogP contribution in [0.3, 0.4) is 0 Å². The standard InChI is InChI=1S/C22H26FN3O2S2/c1-22(18-11-5-6-12-19(18)23,16-30(28)24-13-7-8-14-25-30)15-20(29)26-21(27)17-9-3-2-4-10-17/h2-6,9-12H,7-8,13-16H2,1H3,(H,24,25,28)(H,26,27,29). The van der Waals surface area contributed by atoms with Crippen molar-refractivity contribution in [3.63, 3.8) is 0 Å². The Kier molecular flexibility index (Phi) is 7.33. The Morgan fingerprint density at radius 2 is 1.90 bits per heavy atom. The lowest BCUT2D eigenvalue weighted by atomic mass is 9.81. The van der Waals surface area contributed by atoms with E-state index in [1.807, 2.05) is 13.0 Å². The normalized spacial score (nSPS) is 21.0. The molecule has 1 aliphatic heterocycles. The van der Waals surface area contributed by atoms with Crippen molar-refractivity contribution in [3.05, 3.63) is 71.5 Å². The van der Waals surface area contributed by atoms with Gasteiger partial charge in [-0.3, -0.25) is 4.79 Å². The zero-order valence-electron chi connectivity index (χ0n) is 16.9. The van der Waals surface area contributed by atoms with Crippen LogP contribution in [0.5, 0.6) is 0 Å². The molecule has 2 N–H and O–H groups in total. The summed E-state index contributed by atoms with van der Waals surface area (Å²) in [5.41, 5.74) is -0.0197. The van der Waals surface area contributed by atoms with Crippen molar-refractivity contribution in [3.8, 4) is 0 Å². The Hall–Kier alpha value is -2.16. The maximum atomic E-state index is 14.7. The Labute approximate surface area is 182 Å². The molecule has 1 amide bonds. The zero-order valence-corrected chi connectivity index (χ0v) is 18.5. The van der Waals surface area contributed by atoms with E-state index in [-0.39, 0.29) is 23.1 Å². The number of carbonyl (C=O) groups is 1. The average molecular weight is 448 g/mol. The van der Waals surface area contributed by atoms with E-state index >= 15 is 0 Å². The van der Waals surface area contributed by atoms with Crippen LogP contribution in [0.2, 0.25) is 0 Å². The molecule has 0 saturated heterocycles. The van der Waals surface area contributed by atoms with E-state index in [0.717, 1.165) is 12.8 Å². The maximum Gasteiger partial charge on any atom is 0.256 e. The van der Waals surface area contributed by atoms with Crippen molar-refractivity contribution in [2.45, 2.75) is 31.6 Å². The van der Waals surface area contributed by atoms with Crippen LogP contribution in [0.25, 0.3) is 0 Å². The molecular weight excluding hydrogens is 421 g/mol. The number of nitrogens with one attached hydrogen (secondary N) is 2. The molecule has 1 aliphatic rings. The fourth-order valence-electron chi connectivity index (χ4n) is 3.62. The third-order valence-corrected chi connectivity index (χ3v) is 7.62. The van der Waals surface area contributed by atoms with Crippen LogP contribution in [-0.4, -0.2) is 33.9 Å². The first kappa shape index (κ1) is 22.5. The van der Waals surface area contributed by atoms with Gasteiger partial charge in [0.25, 0.3) is 5.91 Å². The van der Waals surface area contributed by atoms with Gasteiger partial charge in [0.05, 0.1) is 10.7 Å². The number of amides is 1. The third kappa shape index (κ3) is 5.71. The number of hydrogen-bond acceptors (Lipinski definition) is 4. The summed E-state index contributed by atoms with van der Waals surface area (Å²) in [4.78, 5) is 12.8. The molecule has 2 aromatic rings. The fraction of sp³-hybridized carbons (Fsp3) is 0.364. The van der Waals surface area contributed by atoms with Crippen molar-refractivity contribution in [1.29, 1.82) is 0 Å². The van der Waals surface area contributed by atoms with Gasteiger partial charge in [-0.2, -0.15) is 0 Å². The molecule has 0 spiro atoms. The summed E-state index contributed by atoms with van der Waals surface area (Å²) in [6.07, 6.45) is 1.92. The molecule has 3 rings (SSSR count). The van der Waals surface area contributed by atoms with E-state index in [4.69, 9.17) is 12.2 Å². The fourth-order valence-corrected chi connectivity index (χ4v) is 6.32. The van der Waals surface area contributed by atoms with Crippen molar-refractivity contribution in [1.82, 2.24) is 10.0 Å².